The summed E-state index contributed by atoms with van der Waals surface area (Å²) in [6.45, 7) is 0. The highest BCUT2D eigenvalue weighted by atomic mass is 32.2. The molecule has 0 aliphatic heterocycles. The molecule has 18 heavy (non-hydrogen) atoms. The molecule has 0 saturated heterocycles. The molecule has 0 N–H and O–H groups in total. The molecule has 1 aromatic carbocycles. The molecule has 94 valence electrons. The minimum atomic E-state index is -3.15. The second kappa shape index (κ2) is 5.26. The van der Waals surface area contributed by atoms with E-state index in [-0.39, 0.29) is 0 Å². The van der Waals surface area contributed by atoms with E-state index >= 15 is 0 Å². The summed E-state index contributed by atoms with van der Waals surface area (Å²) < 4.78 is 22.6. The Labute approximate surface area is 114 Å². The van der Waals surface area contributed by atoms with Crippen LogP contribution in [-0.2, 0) is 9.84 Å². The molecule has 0 fully saturated rings. The van der Waals surface area contributed by atoms with Gasteiger partial charge in [0.05, 0.1) is 9.77 Å². The Bertz CT molecular complexity index is 654. The third-order valence-electron chi connectivity index (χ3n) is 2.20. The van der Waals surface area contributed by atoms with Gasteiger partial charge in [0.15, 0.2) is 16.1 Å². The molecule has 2 rings (SSSR count). The fourth-order valence-corrected chi connectivity index (χ4v) is 3.68. The van der Waals surface area contributed by atoms with Crippen molar-refractivity contribution in [3.05, 3.63) is 40.6 Å². The number of sulfone groups is 1. The highest BCUT2D eigenvalue weighted by molar-refractivity contribution is 7.99. The van der Waals surface area contributed by atoms with Crippen LogP contribution in [0.25, 0.3) is 0 Å². The molecule has 0 atom stereocenters. The minimum absolute atomic E-state index is 0.311. The van der Waals surface area contributed by atoms with Gasteiger partial charge in [-0.15, -0.1) is 11.3 Å². The van der Waals surface area contributed by atoms with Crippen LogP contribution in [0.4, 0.5) is 0 Å². The average Bonchev–Trinajstić information content (AvgIpc) is 2.76. The zero-order valence-electron chi connectivity index (χ0n) is 9.49. The van der Waals surface area contributed by atoms with Gasteiger partial charge >= 0.3 is 0 Å². The first-order chi connectivity index (χ1) is 8.49. The standard InChI is InChI=1S/C12H10O3S3/c1-18(14,15)12-4-2-9(3-5-12)17-11-6-10(7-13)16-8-11/h2-8H,1H3. The Balaban J connectivity index is 2.18. The average molecular weight is 298 g/mol. The molecule has 3 nitrogen and oxygen atoms in total. The lowest BCUT2D eigenvalue weighted by Gasteiger charge is -2.01. The van der Waals surface area contributed by atoms with Gasteiger partial charge < -0.3 is 0 Å². The second-order valence-corrected chi connectivity index (χ2v) is 7.75. The van der Waals surface area contributed by atoms with Gasteiger partial charge in [-0.3, -0.25) is 4.79 Å². The Morgan fingerprint density at radius 3 is 2.33 bits per heavy atom. The number of benzene rings is 1. The number of hydrogen-bond acceptors (Lipinski definition) is 5. The molecule has 0 saturated carbocycles. The van der Waals surface area contributed by atoms with Crippen LogP contribution in [0.3, 0.4) is 0 Å². The summed E-state index contributed by atoms with van der Waals surface area (Å²) in [5.74, 6) is 0. The monoisotopic (exact) mass is 298 g/mol. The van der Waals surface area contributed by atoms with Crippen LogP contribution in [0.2, 0.25) is 0 Å². The van der Waals surface area contributed by atoms with Crippen LogP contribution in [-0.4, -0.2) is 21.0 Å². The molecule has 0 aliphatic rings. The molecular formula is C12H10O3S3. The summed E-state index contributed by atoms with van der Waals surface area (Å²) in [6.07, 6.45) is 2.01. The van der Waals surface area contributed by atoms with Crippen LogP contribution in [0.1, 0.15) is 9.67 Å². The summed E-state index contributed by atoms with van der Waals surface area (Å²) in [6, 6.07) is 8.51. The first-order valence-electron chi connectivity index (χ1n) is 5.01. The normalized spacial score (nSPS) is 11.4. The first kappa shape index (κ1) is 13.3. The number of thiophene rings is 1. The van der Waals surface area contributed by atoms with Crippen LogP contribution in [0.15, 0.2) is 50.4 Å². The molecule has 0 spiro atoms. The Hall–Kier alpha value is -1.11. The van der Waals surface area contributed by atoms with E-state index in [4.69, 9.17) is 0 Å². The van der Waals surface area contributed by atoms with Crippen LogP contribution in [0, 0.1) is 0 Å². The molecule has 0 radical (unpaired) electrons. The fourth-order valence-electron chi connectivity index (χ4n) is 1.34. The van der Waals surface area contributed by atoms with E-state index < -0.39 is 9.84 Å². The van der Waals surface area contributed by atoms with Crippen molar-refractivity contribution in [1.29, 1.82) is 0 Å². The third-order valence-corrected chi connectivity index (χ3v) is 5.31. The SMILES string of the molecule is CS(=O)(=O)c1ccc(Sc2csc(C=O)c2)cc1. The van der Waals surface area contributed by atoms with Gasteiger partial charge in [0.25, 0.3) is 0 Å². The smallest absolute Gasteiger partial charge is 0.175 e. The molecule has 0 bridgehead atoms. The van der Waals surface area contributed by atoms with Gasteiger partial charge in [0, 0.05) is 21.4 Å². The maximum atomic E-state index is 11.3. The summed E-state index contributed by atoms with van der Waals surface area (Å²) >= 11 is 2.89. The van der Waals surface area contributed by atoms with Crippen molar-refractivity contribution >= 4 is 39.2 Å². The zero-order chi connectivity index (χ0) is 13.2. The van der Waals surface area contributed by atoms with Crippen molar-refractivity contribution in [2.45, 2.75) is 14.7 Å². The lowest BCUT2D eigenvalue weighted by atomic mass is 10.4. The van der Waals surface area contributed by atoms with E-state index in [0.717, 1.165) is 16.1 Å². The number of aldehydes is 1. The topological polar surface area (TPSA) is 51.2 Å². The van der Waals surface area contributed by atoms with Gasteiger partial charge in [-0.1, -0.05) is 11.8 Å². The van der Waals surface area contributed by atoms with E-state index in [2.05, 4.69) is 0 Å². The molecule has 2 aromatic rings. The summed E-state index contributed by atoms with van der Waals surface area (Å²) in [7, 11) is -3.15. The highest BCUT2D eigenvalue weighted by Gasteiger charge is 2.07. The predicted octanol–water partition coefficient (Wildman–Crippen LogP) is 3.12. The molecule has 6 heteroatoms. The van der Waals surface area contributed by atoms with Crippen molar-refractivity contribution in [3.8, 4) is 0 Å². The van der Waals surface area contributed by atoms with Crippen molar-refractivity contribution in [1.82, 2.24) is 0 Å². The quantitative estimate of drug-likeness (QED) is 0.814. The van der Waals surface area contributed by atoms with Crippen molar-refractivity contribution in [2.24, 2.45) is 0 Å². The molecular weight excluding hydrogens is 288 g/mol. The maximum Gasteiger partial charge on any atom is 0.175 e. The zero-order valence-corrected chi connectivity index (χ0v) is 11.9. The Morgan fingerprint density at radius 1 is 1.17 bits per heavy atom. The summed E-state index contributed by atoms with van der Waals surface area (Å²) in [5.41, 5.74) is 0. The molecule has 0 amide bonds. The van der Waals surface area contributed by atoms with Crippen LogP contribution >= 0.6 is 23.1 Å². The Kier molecular flexibility index (Phi) is 3.89. The number of hydrogen-bond donors (Lipinski definition) is 0. The van der Waals surface area contributed by atoms with E-state index in [0.29, 0.717) is 9.77 Å². The minimum Gasteiger partial charge on any atom is -0.297 e. The van der Waals surface area contributed by atoms with Gasteiger partial charge in [-0.05, 0) is 30.3 Å². The van der Waals surface area contributed by atoms with Crippen molar-refractivity contribution in [2.75, 3.05) is 6.26 Å². The number of carbonyl (C=O) groups is 1. The predicted molar refractivity (Wildman–Crippen MR) is 73.4 cm³/mol. The molecule has 0 aliphatic carbocycles. The van der Waals surface area contributed by atoms with Gasteiger partial charge in [0.2, 0.25) is 0 Å². The van der Waals surface area contributed by atoms with Crippen LogP contribution < -0.4 is 0 Å². The number of rotatable bonds is 4. The Morgan fingerprint density at radius 2 is 1.83 bits per heavy atom. The lowest BCUT2D eigenvalue weighted by Crippen LogP contribution is -1.95. The van der Waals surface area contributed by atoms with Crippen molar-refractivity contribution < 1.29 is 13.2 Å². The second-order valence-electron chi connectivity index (χ2n) is 3.65. The highest BCUT2D eigenvalue weighted by Crippen LogP contribution is 2.31. The van der Waals surface area contributed by atoms with E-state index in [9.17, 15) is 13.2 Å². The van der Waals surface area contributed by atoms with E-state index in [1.165, 1.54) is 29.4 Å². The lowest BCUT2D eigenvalue weighted by molar-refractivity contribution is 0.112. The first-order valence-corrected chi connectivity index (χ1v) is 8.59. The van der Waals surface area contributed by atoms with Gasteiger partial charge in [0.1, 0.15) is 0 Å². The van der Waals surface area contributed by atoms with Crippen LogP contribution in [0.5, 0.6) is 0 Å². The fraction of sp³-hybridized carbons (Fsp3) is 0.0833. The van der Waals surface area contributed by atoms with E-state index in [1.54, 1.807) is 24.3 Å². The van der Waals surface area contributed by atoms with Crippen molar-refractivity contribution in [3.63, 3.8) is 0 Å². The maximum absolute atomic E-state index is 11.3. The summed E-state index contributed by atoms with van der Waals surface area (Å²) in [5, 5.41) is 1.90. The summed E-state index contributed by atoms with van der Waals surface area (Å²) in [4.78, 5) is 13.5. The van der Waals surface area contributed by atoms with Gasteiger partial charge in [-0.25, -0.2) is 8.42 Å². The molecule has 1 aromatic heterocycles. The molecule has 1 heterocycles. The van der Waals surface area contributed by atoms with Gasteiger partial charge in [-0.2, -0.15) is 0 Å². The third kappa shape index (κ3) is 3.22. The number of carbonyl (C=O) groups excluding carboxylic acids is 1. The van der Waals surface area contributed by atoms with E-state index in [1.807, 2.05) is 11.4 Å². The molecule has 0 unspecified atom stereocenters. The largest absolute Gasteiger partial charge is 0.297 e.